The van der Waals surface area contributed by atoms with Crippen molar-refractivity contribution < 1.29 is 9.13 Å². The lowest BCUT2D eigenvalue weighted by Crippen LogP contribution is -2.29. The first-order chi connectivity index (χ1) is 9.67. The SMILES string of the molecule is CCc1ccc(CC(NN)c2ccc(F)c(OC)c2)s1. The van der Waals surface area contributed by atoms with E-state index in [1.54, 1.807) is 23.5 Å². The maximum Gasteiger partial charge on any atom is 0.165 e. The summed E-state index contributed by atoms with van der Waals surface area (Å²) in [5, 5.41) is 0. The Bertz CT molecular complexity index is 571. The fourth-order valence-electron chi connectivity index (χ4n) is 2.09. The van der Waals surface area contributed by atoms with E-state index in [1.165, 1.54) is 22.9 Å². The average molecular weight is 294 g/mol. The number of aryl methyl sites for hydroxylation is 1. The largest absolute Gasteiger partial charge is 0.494 e. The molecule has 0 radical (unpaired) electrons. The molecule has 0 saturated carbocycles. The van der Waals surface area contributed by atoms with Crippen LogP contribution >= 0.6 is 11.3 Å². The molecule has 0 spiro atoms. The van der Waals surface area contributed by atoms with E-state index in [0.717, 1.165) is 18.4 Å². The molecule has 0 saturated heterocycles. The van der Waals surface area contributed by atoms with Gasteiger partial charge in [-0.3, -0.25) is 11.3 Å². The molecule has 3 nitrogen and oxygen atoms in total. The lowest BCUT2D eigenvalue weighted by atomic mass is 10.0. The molecule has 108 valence electrons. The number of benzene rings is 1. The van der Waals surface area contributed by atoms with Crippen molar-refractivity contribution in [1.82, 2.24) is 5.43 Å². The van der Waals surface area contributed by atoms with Crippen molar-refractivity contribution in [2.75, 3.05) is 7.11 Å². The molecular weight excluding hydrogens is 275 g/mol. The Labute approximate surface area is 122 Å². The first-order valence-corrected chi connectivity index (χ1v) is 7.36. The topological polar surface area (TPSA) is 47.3 Å². The molecule has 0 aliphatic carbocycles. The van der Waals surface area contributed by atoms with E-state index >= 15 is 0 Å². The number of rotatable bonds is 6. The van der Waals surface area contributed by atoms with Crippen LogP contribution in [-0.2, 0) is 12.8 Å². The summed E-state index contributed by atoms with van der Waals surface area (Å²) < 4.78 is 18.4. The highest BCUT2D eigenvalue weighted by atomic mass is 32.1. The predicted molar refractivity (Wildman–Crippen MR) is 80.4 cm³/mol. The van der Waals surface area contributed by atoms with Crippen molar-refractivity contribution in [1.29, 1.82) is 0 Å². The van der Waals surface area contributed by atoms with Gasteiger partial charge in [0.15, 0.2) is 11.6 Å². The number of halogens is 1. The van der Waals surface area contributed by atoms with Crippen LogP contribution in [0.25, 0.3) is 0 Å². The fourth-order valence-corrected chi connectivity index (χ4v) is 3.09. The van der Waals surface area contributed by atoms with Crippen LogP contribution < -0.4 is 16.0 Å². The molecule has 0 bridgehead atoms. The van der Waals surface area contributed by atoms with Crippen molar-refractivity contribution in [3.05, 3.63) is 51.5 Å². The van der Waals surface area contributed by atoms with Gasteiger partial charge < -0.3 is 4.74 Å². The molecule has 3 N–H and O–H groups in total. The summed E-state index contributed by atoms with van der Waals surface area (Å²) in [6.07, 6.45) is 1.81. The average Bonchev–Trinajstić information content (AvgIpc) is 2.93. The summed E-state index contributed by atoms with van der Waals surface area (Å²) in [5.74, 6) is 5.52. The number of hydrazine groups is 1. The van der Waals surface area contributed by atoms with Gasteiger partial charge in [-0.15, -0.1) is 11.3 Å². The van der Waals surface area contributed by atoms with E-state index in [1.807, 2.05) is 0 Å². The third kappa shape index (κ3) is 3.36. The zero-order chi connectivity index (χ0) is 14.5. The third-order valence-electron chi connectivity index (χ3n) is 3.25. The molecule has 2 rings (SSSR count). The minimum atomic E-state index is -0.364. The smallest absolute Gasteiger partial charge is 0.165 e. The van der Waals surface area contributed by atoms with Crippen LogP contribution in [-0.4, -0.2) is 7.11 Å². The van der Waals surface area contributed by atoms with Gasteiger partial charge in [0.1, 0.15) is 0 Å². The molecular formula is C15H19FN2OS. The minimum absolute atomic E-state index is 0.0622. The van der Waals surface area contributed by atoms with E-state index < -0.39 is 0 Å². The zero-order valence-electron chi connectivity index (χ0n) is 11.7. The first-order valence-electron chi connectivity index (χ1n) is 6.55. The van der Waals surface area contributed by atoms with Gasteiger partial charge in [-0.25, -0.2) is 4.39 Å². The second kappa shape index (κ2) is 6.83. The minimum Gasteiger partial charge on any atom is -0.494 e. The highest BCUT2D eigenvalue weighted by Gasteiger charge is 2.14. The van der Waals surface area contributed by atoms with Crippen molar-refractivity contribution in [3.63, 3.8) is 0 Å². The van der Waals surface area contributed by atoms with E-state index in [-0.39, 0.29) is 17.6 Å². The summed E-state index contributed by atoms with van der Waals surface area (Å²) in [5.41, 5.74) is 3.71. The van der Waals surface area contributed by atoms with Crippen molar-refractivity contribution >= 4 is 11.3 Å². The summed E-state index contributed by atoms with van der Waals surface area (Å²) >= 11 is 1.78. The maximum atomic E-state index is 13.4. The van der Waals surface area contributed by atoms with Crippen LogP contribution in [0, 0.1) is 5.82 Å². The number of thiophene rings is 1. The van der Waals surface area contributed by atoms with Gasteiger partial charge in [0.2, 0.25) is 0 Å². The maximum absolute atomic E-state index is 13.4. The number of nitrogens with one attached hydrogen (secondary N) is 1. The van der Waals surface area contributed by atoms with E-state index in [2.05, 4.69) is 24.5 Å². The van der Waals surface area contributed by atoms with Crippen LogP contribution in [0.15, 0.2) is 30.3 Å². The molecule has 1 unspecified atom stereocenters. The monoisotopic (exact) mass is 294 g/mol. The quantitative estimate of drug-likeness (QED) is 0.635. The zero-order valence-corrected chi connectivity index (χ0v) is 12.5. The third-order valence-corrected chi connectivity index (χ3v) is 4.50. The molecule has 20 heavy (non-hydrogen) atoms. The summed E-state index contributed by atoms with van der Waals surface area (Å²) in [6, 6.07) is 9.02. The van der Waals surface area contributed by atoms with Gasteiger partial charge in [0.25, 0.3) is 0 Å². The summed E-state index contributed by atoms with van der Waals surface area (Å²) in [7, 11) is 1.46. The number of methoxy groups -OCH3 is 1. The highest BCUT2D eigenvalue weighted by Crippen LogP contribution is 2.27. The van der Waals surface area contributed by atoms with Crippen LogP contribution in [0.3, 0.4) is 0 Å². The van der Waals surface area contributed by atoms with Gasteiger partial charge in [-0.05, 0) is 36.2 Å². The molecule has 0 fully saturated rings. The predicted octanol–water partition coefficient (Wildman–Crippen LogP) is 3.21. The number of hydrogen-bond donors (Lipinski definition) is 2. The molecule has 0 amide bonds. The Balaban J connectivity index is 2.19. The van der Waals surface area contributed by atoms with E-state index in [0.29, 0.717) is 0 Å². The van der Waals surface area contributed by atoms with Gasteiger partial charge in [-0.2, -0.15) is 0 Å². The molecule has 1 aromatic carbocycles. The van der Waals surface area contributed by atoms with Crippen molar-refractivity contribution in [3.8, 4) is 5.75 Å². The Hall–Kier alpha value is -1.43. The molecule has 0 aliphatic rings. The first kappa shape index (κ1) is 15.0. The highest BCUT2D eigenvalue weighted by molar-refractivity contribution is 7.11. The standard InChI is InChI=1S/C15H19FN2OS/c1-3-11-5-6-12(20-11)9-14(18-17)10-4-7-13(16)15(8-10)19-2/h4-8,14,18H,3,9,17H2,1-2H3. The van der Waals surface area contributed by atoms with E-state index in [9.17, 15) is 4.39 Å². The number of hydrogen-bond acceptors (Lipinski definition) is 4. The molecule has 0 aliphatic heterocycles. The normalized spacial score (nSPS) is 12.4. The van der Waals surface area contributed by atoms with Crippen LogP contribution in [0.2, 0.25) is 0 Å². The van der Waals surface area contributed by atoms with Gasteiger partial charge in [0.05, 0.1) is 13.2 Å². The summed E-state index contributed by atoms with van der Waals surface area (Å²) in [6.45, 7) is 2.14. The Morgan fingerprint density at radius 1 is 1.30 bits per heavy atom. The Morgan fingerprint density at radius 2 is 2.05 bits per heavy atom. The van der Waals surface area contributed by atoms with Crippen LogP contribution in [0.5, 0.6) is 5.75 Å². The fraction of sp³-hybridized carbons (Fsp3) is 0.333. The van der Waals surface area contributed by atoms with Gasteiger partial charge in [-0.1, -0.05) is 13.0 Å². The summed E-state index contributed by atoms with van der Waals surface area (Å²) in [4.78, 5) is 2.61. The number of nitrogens with two attached hydrogens (primary N) is 1. The molecule has 2 aromatic rings. The van der Waals surface area contributed by atoms with Crippen molar-refractivity contribution in [2.45, 2.75) is 25.8 Å². The molecule has 1 heterocycles. The van der Waals surface area contributed by atoms with Crippen LogP contribution in [0.1, 0.15) is 28.3 Å². The van der Waals surface area contributed by atoms with Gasteiger partial charge in [0, 0.05) is 16.2 Å². The Kier molecular flexibility index (Phi) is 5.11. The van der Waals surface area contributed by atoms with E-state index in [4.69, 9.17) is 10.6 Å². The molecule has 1 aromatic heterocycles. The van der Waals surface area contributed by atoms with Gasteiger partial charge >= 0.3 is 0 Å². The van der Waals surface area contributed by atoms with Crippen molar-refractivity contribution in [2.24, 2.45) is 5.84 Å². The lowest BCUT2D eigenvalue weighted by Gasteiger charge is -2.16. The molecule has 1 atom stereocenters. The van der Waals surface area contributed by atoms with Crippen LogP contribution in [0.4, 0.5) is 4.39 Å². The second-order valence-electron chi connectivity index (χ2n) is 4.54. The Morgan fingerprint density at radius 3 is 2.65 bits per heavy atom. The second-order valence-corrected chi connectivity index (χ2v) is 5.79. The number of ether oxygens (including phenoxy) is 1. The lowest BCUT2D eigenvalue weighted by molar-refractivity contribution is 0.384. The molecule has 5 heteroatoms.